The van der Waals surface area contributed by atoms with Gasteiger partial charge in [0, 0.05) is 0 Å². The molecule has 0 heterocycles. The molecule has 0 aliphatic carbocycles. The zero-order chi connectivity index (χ0) is 7.98. The fraction of sp³-hybridized carbons (Fsp3) is 0.600. The SMILES string of the molecule is CCOC(=O)NCC(=N)N. The molecule has 5 nitrogen and oxygen atoms in total. The minimum Gasteiger partial charge on any atom is -0.450 e. The molecular weight excluding hydrogens is 134 g/mol. The molecule has 0 aromatic carbocycles. The van der Waals surface area contributed by atoms with Crippen LogP contribution in [-0.2, 0) is 4.74 Å². The molecule has 0 aromatic heterocycles. The lowest BCUT2D eigenvalue weighted by Crippen LogP contribution is -2.33. The zero-order valence-corrected chi connectivity index (χ0v) is 5.81. The van der Waals surface area contributed by atoms with Gasteiger partial charge in [-0.15, -0.1) is 0 Å². The Balaban J connectivity index is 3.30. The molecular formula is C5H11N3O2. The number of carbonyl (C=O) groups excluding carboxylic acids is 1. The third-order valence-corrected chi connectivity index (χ3v) is 0.699. The van der Waals surface area contributed by atoms with Crippen LogP contribution in [0.15, 0.2) is 0 Å². The molecule has 0 aliphatic heterocycles. The van der Waals surface area contributed by atoms with Crippen LogP contribution < -0.4 is 11.1 Å². The quantitative estimate of drug-likeness (QED) is 0.375. The predicted octanol–water partition coefficient (Wildman–Crippen LogP) is -0.332. The van der Waals surface area contributed by atoms with E-state index in [1.54, 1.807) is 6.92 Å². The van der Waals surface area contributed by atoms with Gasteiger partial charge in [-0.25, -0.2) is 4.79 Å². The lowest BCUT2D eigenvalue weighted by molar-refractivity contribution is 0.153. The standard InChI is InChI=1S/C5H11N3O2/c1-2-10-5(9)8-3-4(6)7/h2-3H2,1H3,(H3,6,7)(H,8,9). The average molecular weight is 145 g/mol. The van der Waals surface area contributed by atoms with Gasteiger partial charge in [0.1, 0.15) is 5.84 Å². The normalized spacial score (nSPS) is 8.50. The summed E-state index contributed by atoms with van der Waals surface area (Å²) >= 11 is 0. The van der Waals surface area contributed by atoms with E-state index in [2.05, 4.69) is 10.1 Å². The average Bonchev–Trinajstić information content (AvgIpc) is 1.85. The van der Waals surface area contributed by atoms with Crippen LogP contribution in [0.25, 0.3) is 0 Å². The Hall–Kier alpha value is -1.26. The summed E-state index contributed by atoms with van der Waals surface area (Å²) in [4.78, 5) is 10.5. The highest BCUT2D eigenvalue weighted by atomic mass is 16.5. The van der Waals surface area contributed by atoms with Gasteiger partial charge in [0.15, 0.2) is 0 Å². The molecule has 0 aromatic rings. The van der Waals surface area contributed by atoms with Crippen LogP contribution in [0.5, 0.6) is 0 Å². The molecule has 0 radical (unpaired) electrons. The predicted molar refractivity (Wildman–Crippen MR) is 36.9 cm³/mol. The van der Waals surface area contributed by atoms with Gasteiger partial charge in [-0.2, -0.15) is 0 Å². The van der Waals surface area contributed by atoms with Crippen LogP contribution in [0, 0.1) is 5.41 Å². The second kappa shape index (κ2) is 4.60. The van der Waals surface area contributed by atoms with Gasteiger partial charge in [-0.05, 0) is 6.92 Å². The van der Waals surface area contributed by atoms with Gasteiger partial charge in [-0.1, -0.05) is 0 Å². The van der Waals surface area contributed by atoms with Gasteiger partial charge in [-0.3, -0.25) is 5.41 Å². The molecule has 0 unspecified atom stereocenters. The third-order valence-electron chi connectivity index (χ3n) is 0.699. The van der Waals surface area contributed by atoms with E-state index in [0.717, 1.165) is 0 Å². The molecule has 0 aliphatic rings. The van der Waals surface area contributed by atoms with Crippen LogP contribution in [0.3, 0.4) is 0 Å². The maximum Gasteiger partial charge on any atom is 0.407 e. The maximum absolute atomic E-state index is 10.5. The van der Waals surface area contributed by atoms with Crippen LogP contribution >= 0.6 is 0 Å². The number of nitrogens with one attached hydrogen (secondary N) is 2. The molecule has 0 bridgehead atoms. The summed E-state index contributed by atoms with van der Waals surface area (Å²) in [7, 11) is 0. The zero-order valence-electron chi connectivity index (χ0n) is 5.81. The minimum atomic E-state index is -0.544. The molecule has 0 saturated heterocycles. The van der Waals surface area contributed by atoms with Crippen molar-refractivity contribution in [1.29, 1.82) is 5.41 Å². The summed E-state index contributed by atoms with van der Waals surface area (Å²) < 4.78 is 4.49. The number of hydrogen-bond acceptors (Lipinski definition) is 3. The van der Waals surface area contributed by atoms with Crippen molar-refractivity contribution >= 4 is 11.9 Å². The highest BCUT2D eigenvalue weighted by Crippen LogP contribution is 1.73. The molecule has 58 valence electrons. The van der Waals surface area contributed by atoms with E-state index in [9.17, 15) is 4.79 Å². The Labute approximate surface area is 59.0 Å². The van der Waals surface area contributed by atoms with E-state index in [0.29, 0.717) is 6.61 Å². The largest absolute Gasteiger partial charge is 0.450 e. The van der Waals surface area contributed by atoms with E-state index in [1.165, 1.54) is 0 Å². The smallest absolute Gasteiger partial charge is 0.407 e. The molecule has 0 rings (SSSR count). The van der Waals surface area contributed by atoms with Crippen molar-refractivity contribution in [2.45, 2.75) is 6.92 Å². The number of amides is 1. The lowest BCUT2D eigenvalue weighted by Gasteiger charge is -2.02. The molecule has 0 spiro atoms. The summed E-state index contributed by atoms with van der Waals surface area (Å²) in [6.45, 7) is 2.07. The number of ether oxygens (including phenoxy) is 1. The van der Waals surface area contributed by atoms with Crippen LogP contribution in [0.2, 0.25) is 0 Å². The number of rotatable bonds is 3. The number of hydrogen-bond donors (Lipinski definition) is 3. The lowest BCUT2D eigenvalue weighted by atomic mass is 10.6. The third kappa shape index (κ3) is 4.89. The number of amidine groups is 1. The number of alkyl carbamates (subject to hydrolysis) is 1. The van der Waals surface area contributed by atoms with Gasteiger partial charge < -0.3 is 15.8 Å². The molecule has 4 N–H and O–H groups in total. The van der Waals surface area contributed by atoms with Crippen molar-refractivity contribution in [2.75, 3.05) is 13.2 Å². The van der Waals surface area contributed by atoms with Crippen molar-refractivity contribution in [2.24, 2.45) is 5.73 Å². The molecule has 0 saturated carbocycles. The summed E-state index contributed by atoms with van der Waals surface area (Å²) in [5.74, 6) is -0.0898. The van der Waals surface area contributed by atoms with Crippen LogP contribution in [-0.4, -0.2) is 25.1 Å². The Morgan fingerprint density at radius 1 is 1.80 bits per heavy atom. The van der Waals surface area contributed by atoms with Gasteiger partial charge in [0.05, 0.1) is 13.2 Å². The van der Waals surface area contributed by atoms with E-state index >= 15 is 0 Å². The molecule has 1 amide bonds. The highest BCUT2D eigenvalue weighted by molar-refractivity contribution is 5.82. The Kier molecular flexibility index (Phi) is 4.02. The summed E-state index contributed by atoms with van der Waals surface area (Å²) in [5.41, 5.74) is 4.95. The van der Waals surface area contributed by atoms with Crippen LogP contribution in [0.4, 0.5) is 4.79 Å². The summed E-state index contributed by atoms with van der Waals surface area (Å²) in [5, 5.41) is 9.00. The van der Waals surface area contributed by atoms with Crippen LogP contribution in [0.1, 0.15) is 6.92 Å². The maximum atomic E-state index is 10.5. The second-order valence-corrected chi connectivity index (χ2v) is 1.60. The van der Waals surface area contributed by atoms with Crippen molar-refractivity contribution < 1.29 is 9.53 Å². The first-order valence-corrected chi connectivity index (χ1v) is 2.90. The van der Waals surface area contributed by atoms with Crippen molar-refractivity contribution in [3.63, 3.8) is 0 Å². The van der Waals surface area contributed by atoms with Gasteiger partial charge in [0.2, 0.25) is 0 Å². The molecule has 0 atom stereocenters. The first-order valence-electron chi connectivity index (χ1n) is 2.90. The topological polar surface area (TPSA) is 88.2 Å². The van der Waals surface area contributed by atoms with Crippen molar-refractivity contribution in [1.82, 2.24) is 5.32 Å². The molecule has 5 heteroatoms. The monoisotopic (exact) mass is 145 g/mol. The fourth-order valence-corrected chi connectivity index (χ4v) is 0.350. The van der Waals surface area contributed by atoms with Gasteiger partial charge in [0.25, 0.3) is 0 Å². The Morgan fingerprint density at radius 3 is 2.80 bits per heavy atom. The first kappa shape index (κ1) is 8.74. The second-order valence-electron chi connectivity index (χ2n) is 1.60. The first-order chi connectivity index (χ1) is 4.66. The number of nitrogens with two attached hydrogens (primary N) is 1. The van der Waals surface area contributed by atoms with E-state index in [-0.39, 0.29) is 12.4 Å². The minimum absolute atomic E-state index is 0.0405. The summed E-state index contributed by atoms with van der Waals surface area (Å²) in [6, 6.07) is 0. The van der Waals surface area contributed by atoms with Gasteiger partial charge >= 0.3 is 6.09 Å². The van der Waals surface area contributed by atoms with E-state index < -0.39 is 6.09 Å². The highest BCUT2D eigenvalue weighted by Gasteiger charge is 1.97. The van der Waals surface area contributed by atoms with Crippen molar-refractivity contribution in [3.05, 3.63) is 0 Å². The number of carbonyl (C=O) groups is 1. The Morgan fingerprint density at radius 2 is 2.40 bits per heavy atom. The molecule has 0 fully saturated rings. The van der Waals surface area contributed by atoms with E-state index in [1.807, 2.05) is 0 Å². The van der Waals surface area contributed by atoms with E-state index in [4.69, 9.17) is 11.1 Å². The summed E-state index contributed by atoms with van der Waals surface area (Å²) in [6.07, 6.45) is -0.544. The fourth-order valence-electron chi connectivity index (χ4n) is 0.350. The Bertz CT molecular complexity index is 135. The molecule has 10 heavy (non-hydrogen) atoms. The van der Waals surface area contributed by atoms with Crippen molar-refractivity contribution in [3.8, 4) is 0 Å².